The van der Waals surface area contributed by atoms with E-state index in [1.54, 1.807) is 0 Å². The predicted molar refractivity (Wildman–Crippen MR) is 96.1 cm³/mol. The molecule has 132 valence electrons. The van der Waals surface area contributed by atoms with E-state index in [9.17, 15) is 0 Å². The Labute approximate surface area is 145 Å². The Balaban J connectivity index is 1.71. The Morgan fingerprint density at radius 3 is 3.00 bits per heavy atom. The number of rotatable bonds is 4. The van der Waals surface area contributed by atoms with Crippen LogP contribution in [0.2, 0.25) is 0 Å². The fraction of sp³-hybridized carbons (Fsp3) is 0.412. The number of aromatic nitrogens is 2. The number of nitrogens with two attached hydrogens (primary N) is 1. The van der Waals surface area contributed by atoms with Gasteiger partial charge in [0.05, 0.1) is 24.2 Å². The van der Waals surface area contributed by atoms with Crippen LogP contribution in [0.5, 0.6) is 0 Å². The molecule has 2 aromatic rings. The highest BCUT2D eigenvalue weighted by atomic mass is 16.5. The van der Waals surface area contributed by atoms with E-state index in [-0.39, 0.29) is 0 Å². The number of aliphatic imine (C=N–C) groups is 1. The third kappa shape index (κ3) is 2.99. The molecule has 1 aromatic carbocycles. The number of benzene rings is 1. The van der Waals surface area contributed by atoms with Gasteiger partial charge in [-0.2, -0.15) is 0 Å². The minimum absolute atomic E-state index is 0.405. The largest absolute Gasteiger partial charge is 0.379 e. The maximum absolute atomic E-state index is 6.07. The molecule has 0 saturated carbocycles. The standard InChI is InChI=1S/C17H22N6O2/c1-2-25-17(23-7-9-24-10-8-23)5-6-19-15(22-17)12-3-4-13-14(11-12)21-16(18)20-13/h3-6,11H,2,7-10H2,1H3,(H,19,22)(H3,18,20,21). The number of H-pyrrole nitrogens is 1. The predicted octanol–water partition coefficient (Wildman–Crippen LogP) is 1.03. The number of amidine groups is 1. The van der Waals surface area contributed by atoms with Gasteiger partial charge in [-0.1, -0.05) is 0 Å². The van der Waals surface area contributed by atoms with Crippen LogP contribution in [-0.2, 0) is 9.47 Å². The fourth-order valence-electron chi connectivity index (χ4n) is 3.22. The summed E-state index contributed by atoms with van der Waals surface area (Å²) < 4.78 is 11.5. The first-order valence-electron chi connectivity index (χ1n) is 8.47. The summed E-state index contributed by atoms with van der Waals surface area (Å²) in [6.07, 6.45) is 3.84. The molecule has 1 atom stereocenters. The fourth-order valence-corrected chi connectivity index (χ4v) is 3.22. The number of hydrogen-bond acceptors (Lipinski definition) is 7. The molecular weight excluding hydrogens is 320 g/mol. The maximum Gasteiger partial charge on any atom is 0.242 e. The molecule has 25 heavy (non-hydrogen) atoms. The lowest BCUT2D eigenvalue weighted by atomic mass is 10.1. The van der Waals surface area contributed by atoms with Crippen LogP contribution < -0.4 is 11.1 Å². The molecule has 0 aliphatic carbocycles. The number of imidazole rings is 1. The first-order chi connectivity index (χ1) is 12.2. The van der Waals surface area contributed by atoms with Gasteiger partial charge < -0.3 is 25.5 Å². The van der Waals surface area contributed by atoms with E-state index in [1.807, 2.05) is 37.4 Å². The summed E-state index contributed by atoms with van der Waals surface area (Å²) in [7, 11) is 0. The highest BCUT2D eigenvalue weighted by molar-refractivity contribution is 6.02. The molecular formula is C17H22N6O2. The zero-order chi connectivity index (χ0) is 17.3. The summed E-state index contributed by atoms with van der Waals surface area (Å²) in [5.41, 5.74) is 8.38. The van der Waals surface area contributed by atoms with Crippen LogP contribution in [0.3, 0.4) is 0 Å². The number of hydrogen-bond donors (Lipinski definition) is 3. The monoisotopic (exact) mass is 342 g/mol. The van der Waals surface area contributed by atoms with Crippen LogP contribution in [0.4, 0.5) is 5.95 Å². The van der Waals surface area contributed by atoms with Crippen molar-refractivity contribution in [1.82, 2.24) is 20.2 Å². The van der Waals surface area contributed by atoms with Crippen molar-refractivity contribution in [1.29, 1.82) is 0 Å². The van der Waals surface area contributed by atoms with E-state index in [0.29, 0.717) is 25.8 Å². The molecule has 0 radical (unpaired) electrons. The molecule has 4 rings (SSSR count). The number of fused-ring (bicyclic) bond motifs is 1. The van der Waals surface area contributed by atoms with E-state index < -0.39 is 5.85 Å². The normalized spacial score (nSPS) is 24.3. The van der Waals surface area contributed by atoms with E-state index in [2.05, 4.69) is 20.2 Å². The molecule has 1 aromatic heterocycles. The zero-order valence-corrected chi connectivity index (χ0v) is 14.2. The lowest BCUT2D eigenvalue weighted by Gasteiger charge is -2.41. The molecule has 2 aliphatic rings. The molecule has 0 spiro atoms. The van der Waals surface area contributed by atoms with Crippen LogP contribution in [0.25, 0.3) is 11.0 Å². The van der Waals surface area contributed by atoms with Crippen LogP contribution >= 0.6 is 0 Å². The summed E-state index contributed by atoms with van der Waals surface area (Å²) in [5.74, 6) is 0.340. The van der Waals surface area contributed by atoms with Crippen molar-refractivity contribution in [2.75, 3.05) is 38.6 Å². The molecule has 0 bridgehead atoms. The van der Waals surface area contributed by atoms with Crippen molar-refractivity contribution in [2.45, 2.75) is 12.8 Å². The van der Waals surface area contributed by atoms with Crippen LogP contribution in [-0.4, -0.2) is 59.5 Å². The van der Waals surface area contributed by atoms with Crippen molar-refractivity contribution < 1.29 is 9.47 Å². The second-order valence-corrected chi connectivity index (χ2v) is 5.98. The SMILES string of the molecule is CCOC1(N2CCOCC2)C=CNC(c2ccc3[nH]c(N)nc3c2)=N1. The summed E-state index contributed by atoms with van der Waals surface area (Å²) in [4.78, 5) is 14.4. The van der Waals surface area contributed by atoms with Crippen molar-refractivity contribution >= 4 is 22.8 Å². The topological polar surface area (TPSA) is 101 Å². The van der Waals surface area contributed by atoms with Crippen LogP contribution in [0.1, 0.15) is 12.5 Å². The van der Waals surface area contributed by atoms with Gasteiger partial charge in [0.1, 0.15) is 5.84 Å². The second kappa shape index (κ2) is 6.47. The average molecular weight is 342 g/mol. The summed E-state index contributed by atoms with van der Waals surface area (Å²) in [5, 5.41) is 3.22. The van der Waals surface area contributed by atoms with Crippen LogP contribution in [0.15, 0.2) is 35.5 Å². The van der Waals surface area contributed by atoms with Gasteiger partial charge in [-0.15, -0.1) is 0 Å². The zero-order valence-electron chi connectivity index (χ0n) is 14.2. The maximum atomic E-state index is 6.07. The van der Waals surface area contributed by atoms with Gasteiger partial charge >= 0.3 is 0 Å². The Kier molecular flexibility index (Phi) is 4.16. The second-order valence-electron chi connectivity index (χ2n) is 5.98. The van der Waals surface area contributed by atoms with Crippen molar-refractivity contribution in [3.8, 4) is 0 Å². The minimum atomic E-state index is -0.807. The molecule has 3 heterocycles. The number of anilines is 1. The minimum Gasteiger partial charge on any atom is -0.379 e. The Bertz CT molecular complexity index is 824. The first-order valence-corrected chi connectivity index (χ1v) is 8.47. The first kappa shape index (κ1) is 16.1. The van der Waals surface area contributed by atoms with Gasteiger partial charge in [-0.25, -0.2) is 14.9 Å². The molecule has 0 amide bonds. The third-order valence-corrected chi connectivity index (χ3v) is 4.39. The summed E-state index contributed by atoms with van der Waals surface area (Å²) in [6.45, 7) is 5.45. The molecule has 1 saturated heterocycles. The lowest BCUT2D eigenvalue weighted by Crippen LogP contribution is -2.55. The smallest absolute Gasteiger partial charge is 0.242 e. The number of aromatic amines is 1. The summed E-state index contributed by atoms with van der Waals surface area (Å²) in [6, 6.07) is 5.90. The van der Waals surface area contributed by atoms with E-state index in [0.717, 1.165) is 35.5 Å². The number of nitrogens with zero attached hydrogens (tertiary/aromatic N) is 3. The third-order valence-electron chi connectivity index (χ3n) is 4.39. The molecule has 4 N–H and O–H groups in total. The van der Waals surface area contributed by atoms with Gasteiger partial charge in [0, 0.05) is 37.5 Å². The lowest BCUT2D eigenvalue weighted by molar-refractivity contribution is -0.141. The number of nitrogen functional groups attached to an aromatic ring is 1. The highest BCUT2D eigenvalue weighted by Gasteiger charge is 2.38. The van der Waals surface area contributed by atoms with Crippen molar-refractivity contribution in [2.24, 2.45) is 4.99 Å². The molecule has 1 unspecified atom stereocenters. The van der Waals surface area contributed by atoms with Gasteiger partial charge in [-0.05, 0) is 25.1 Å². The van der Waals surface area contributed by atoms with Gasteiger partial charge in [0.15, 0.2) is 5.95 Å². The van der Waals surface area contributed by atoms with E-state index in [4.69, 9.17) is 20.2 Å². The van der Waals surface area contributed by atoms with Gasteiger partial charge in [0.2, 0.25) is 5.85 Å². The van der Waals surface area contributed by atoms with Crippen molar-refractivity contribution in [3.63, 3.8) is 0 Å². The van der Waals surface area contributed by atoms with Crippen molar-refractivity contribution in [3.05, 3.63) is 36.0 Å². The number of morpholine rings is 1. The van der Waals surface area contributed by atoms with Gasteiger partial charge in [0.25, 0.3) is 0 Å². The van der Waals surface area contributed by atoms with Gasteiger partial charge in [-0.3, -0.25) is 0 Å². The van der Waals surface area contributed by atoms with E-state index in [1.165, 1.54) is 0 Å². The molecule has 1 fully saturated rings. The Hall–Kier alpha value is -2.42. The Morgan fingerprint density at radius 1 is 1.36 bits per heavy atom. The average Bonchev–Trinajstić information content (AvgIpc) is 3.02. The quantitative estimate of drug-likeness (QED) is 0.767. The van der Waals surface area contributed by atoms with E-state index >= 15 is 0 Å². The Morgan fingerprint density at radius 2 is 2.20 bits per heavy atom. The molecule has 2 aliphatic heterocycles. The molecule has 8 heteroatoms. The van der Waals surface area contributed by atoms with Crippen LogP contribution in [0, 0.1) is 0 Å². The molecule has 8 nitrogen and oxygen atoms in total. The number of nitrogens with one attached hydrogen (secondary N) is 2. The summed E-state index contributed by atoms with van der Waals surface area (Å²) >= 11 is 0. The highest BCUT2D eigenvalue weighted by Crippen LogP contribution is 2.26. The number of ether oxygens (including phenoxy) is 2.